The Labute approximate surface area is 78.3 Å². The van der Waals surface area contributed by atoms with Crippen LogP contribution in [0.4, 0.5) is 0 Å². The molecule has 1 aliphatic rings. The molecule has 12 heavy (non-hydrogen) atoms. The average molecular weight is 192 g/mol. The van der Waals surface area contributed by atoms with Crippen molar-refractivity contribution in [3.8, 4) is 0 Å². The molecular weight excluding hydrogens is 178 g/mol. The quantitative estimate of drug-likeness (QED) is 0.656. The average Bonchev–Trinajstić information content (AvgIpc) is 2.37. The smallest absolute Gasteiger partial charge is 0.320 e. The lowest BCUT2D eigenvalue weighted by Crippen LogP contribution is -2.29. The molecule has 0 unspecified atom stereocenters. The van der Waals surface area contributed by atoms with E-state index in [0.717, 1.165) is 19.4 Å². The maximum atomic E-state index is 10.5. The predicted molar refractivity (Wildman–Crippen MR) is 49.6 cm³/mol. The van der Waals surface area contributed by atoms with E-state index in [2.05, 4.69) is 11.9 Å². The summed E-state index contributed by atoms with van der Waals surface area (Å²) in [5.41, 5.74) is 0. The Bertz CT molecular complexity index is 172. The molecule has 3 nitrogen and oxygen atoms in total. The molecule has 1 aliphatic heterocycles. The SMILES string of the molecule is C=CC[C@@H]1CN[C@@H](C(=O)O)C1.Cl. The van der Waals surface area contributed by atoms with Gasteiger partial charge in [-0.1, -0.05) is 6.08 Å². The summed E-state index contributed by atoms with van der Waals surface area (Å²) in [6, 6.07) is -0.333. The van der Waals surface area contributed by atoms with Gasteiger partial charge in [-0.05, 0) is 25.3 Å². The molecule has 0 saturated carbocycles. The molecule has 0 spiro atoms. The standard InChI is InChI=1S/C8H13NO2.ClH/c1-2-3-6-4-7(8(10)11)9-5-6;/h2,6-7,9H,1,3-5H2,(H,10,11);1H/t6-,7+;/m0./s1. The first kappa shape index (κ1) is 11.5. The Morgan fingerprint density at radius 2 is 2.42 bits per heavy atom. The number of carboxylic acids is 1. The lowest BCUT2D eigenvalue weighted by Gasteiger charge is -2.02. The highest BCUT2D eigenvalue weighted by molar-refractivity contribution is 5.85. The minimum absolute atomic E-state index is 0. The number of rotatable bonds is 3. The van der Waals surface area contributed by atoms with Crippen molar-refractivity contribution in [2.24, 2.45) is 5.92 Å². The number of allylic oxidation sites excluding steroid dienone is 1. The molecule has 0 radical (unpaired) electrons. The van der Waals surface area contributed by atoms with Crippen molar-refractivity contribution < 1.29 is 9.90 Å². The van der Waals surface area contributed by atoms with Crippen molar-refractivity contribution in [1.29, 1.82) is 0 Å². The molecular formula is C8H14ClNO2. The maximum absolute atomic E-state index is 10.5. The van der Waals surface area contributed by atoms with Crippen LogP contribution in [0.2, 0.25) is 0 Å². The van der Waals surface area contributed by atoms with Crippen molar-refractivity contribution in [1.82, 2.24) is 5.32 Å². The lowest BCUT2D eigenvalue weighted by molar-refractivity contribution is -0.139. The third kappa shape index (κ3) is 2.83. The van der Waals surface area contributed by atoms with Crippen molar-refractivity contribution in [2.75, 3.05) is 6.54 Å². The van der Waals surface area contributed by atoms with Crippen LogP contribution in [0.3, 0.4) is 0 Å². The van der Waals surface area contributed by atoms with Gasteiger partial charge in [-0.2, -0.15) is 0 Å². The zero-order valence-electron chi connectivity index (χ0n) is 6.82. The summed E-state index contributed by atoms with van der Waals surface area (Å²) >= 11 is 0. The van der Waals surface area contributed by atoms with Crippen LogP contribution in [-0.2, 0) is 4.79 Å². The maximum Gasteiger partial charge on any atom is 0.320 e. The molecule has 1 fully saturated rings. The van der Waals surface area contributed by atoms with E-state index in [0.29, 0.717) is 5.92 Å². The summed E-state index contributed by atoms with van der Waals surface area (Å²) in [6.45, 7) is 4.43. The van der Waals surface area contributed by atoms with Gasteiger partial charge >= 0.3 is 5.97 Å². The molecule has 0 aromatic carbocycles. The fraction of sp³-hybridized carbons (Fsp3) is 0.625. The van der Waals surface area contributed by atoms with Gasteiger partial charge in [0, 0.05) is 0 Å². The normalized spacial score (nSPS) is 27.7. The minimum atomic E-state index is -0.739. The van der Waals surface area contributed by atoms with Crippen LogP contribution in [0, 0.1) is 5.92 Å². The van der Waals surface area contributed by atoms with Crippen molar-refractivity contribution >= 4 is 18.4 Å². The third-order valence-corrected chi connectivity index (χ3v) is 2.02. The second-order valence-corrected chi connectivity index (χ2v) is 2.93. The molecule has 2 N–H and O–H groups in total. The Hall–Kier alpha value is -0.540. The summed E-state index contributed by atoms with van der Waals surface area (Å²) in [7, 11) is 0. The lowest BCUT2D eigenvalue weighted by atomic mass is 10.0. The first-order valence-electron chi connectivity index (χ1n) is 3.81. The molecule has 4 heteroatoms. The van der Waals surface area contributed by atoms with E-state index in [1.54, 1.807) is 0 Å². The number of hydrogen-bond acceptors (Lipinski definition) is 2. The van der Waals surface area contributed by atoms with Gasteiger partial charge in [-0.15, -0.1) is 19.0 Å². The van der Waals surface area contributed by atoms with E-state index in [1.165, 1.54) is 0 Å². The van der Waals surface area contributed by atoms with Crippen LogP contribution in [0.5, 0.6) is 0 Å². The fourth-order valence-electron chi connectivity index (χ4n) is 1.41. The molecule has 1 heterocycles. The van der Waals surface area contributed by atoms with Crippen LogP contribution < -0.4 is 5.32 Å². The summed E-state index contributed by atoms with van der Waals surface area (Å²) in [5.74, 6) is -0.273. The first-order chi connectivity index (χ1) is 5.24. The fourth-order valence-corrected chi connectivity index (χ4v) is 1.41. The van der Waals surface area contributed by atoms with E-state index in [4.69, 9.17) is 5.11 Å². The van der Waals surface area contributed by atoms with E-state index < -0.39 is 5.97 Å². The molecule has 0 aliphatic carbocycles. The van der Waals surface area contributed by atoms with Gasteiger partial charge in [0.1, 0.15) is 6.04 Å². The highest BCUT2D eigenvalue weighted by Gasteiger charge is 2.27. The van der Waals surface area contributed by atoms with Gasteiger partial charge in [0.15, 0.2) is 0 Å². The summed E-state index contributed by atoms with van der Waals surface area (Å²) in [6.07, 6.45) is 3.49. The zero-order valence-corrected chi connectivity index (χ0v) is 7.64. The second kappa shape index (κ2) is 5.17. The van der Waals surface area contributed by atoms with Crippen LogP contribution in [0.15, 0.2) is 12.7 Å². The first-order valence-corrected chi connectivity index (χ1v) is 3.81. The van der Waals surface area contributed by atoms with Gasteiger partial charge in [-0.3, -0.25) is 4.79 Å². The number of nitrogens with one attached hydrogen (secondary N) is 1. The van der Waals surface area contributed by atoms with Crippen molar-refractivity contribution in [3.05, 3.63) is 12.7 Å². The molecule has 0 bridgehead atoms. The topological polar surface area (TPSA) is 49.3 Å². The monoisotopic (exact) mass is 191 g/mol. The van der Waals surface area contributed by atoms with Crippen LogP contribution >= 0.6 is 12.4 Å². The summed E-state index contributed by atoms with van der Waals surface area (Å²) in [4.78, 5) is 10.5. The second-order valence-electron chi connectivity index (χ2n) is 2.93. The Balaban J connectivity index is 0.00000121. The Morgan fingerprint density at radius 1 is 1.75 bits per heavy atom. The molecule has 1 saturated heterocycles. The van der Waals surface area contributed by atoms with Gasteiger partial charge in [0.2, 0.25) is 0 Å². The Morgan fingerprint density at radius 3 is 2.83 bits per heavy atom. The number of hydrogen-bond donors (Lipinski definition) is 2. The van der Waals surface area contributed by atoms with Crippen LogP contribution in [0.25, 0.3) is 0 Å². The van der Waals surface area contributed by atoms with Crippen LogP contribution in [0.1, 0.15) is 12.8 Å². The number of carbonyl (C=O) groups is 1. The largest absolute Gasteiger partial charge is 0.480 e. The van der Waals surface area contributed by atoms with Crippen molar-refractivity contribution in [2.45, 2.75) is 18.9 Å². The summed E-state index contributed by atoms with van der Waals surface area (Å²) < 4.78 is 0. The number of halogens is 1. The van der Waals surface area contributed by atoms with E-state index >= 15 is 0 Å². The molecule has 1 rings (SSSR count). The van der Waals surface area contributed by atoms with Gasteiger partial charge in [-0.25, -0.2) is 0 Å². The van der Waals surface area contributed by atoms with E-state index in [1.807, 2.05) is 6.08 Å². The highest BCUT2D eigenvalue weighted by atomic mass is 35.5. The third-order valence-electron chi connectivity index (χ3n) is 2.02. The Kier molecular flexibility index (Phi) is 4.93. The van der Waals surface area contributed by atoms with Gasteiger partial charge < -0.3 is 10.4 Å². The van der Waals surface area contributed by atoms with Crippen LogP contribution in [-0.4, -0.2) is 23.7 Å². The van der Waals surface area contributed by atoms with Gasteiger partial charge in [0.25, 0.3) is 0 Å². The highest BCUT2D eigenvalue weighted by Crippen LogP contribution is 2.17. The van der Waals surface area contributed by atoms with E-state index in [-0.39, 0.29) is 18.4 Å². The predicted octanol–water partition coefficient (Wildman–Crippen LogP) is 1.05. The van der Waals surface area contributed by atoms with Crippen molar-refractivity contribution in [3.63, 3.8) is 0 Å². The zero-order chi connectivity index (χ0) is 8.27. The molecule has 0 amide bonds. The minimum Gasteiger partial charge on any atom is -0.480 e. The number of carboxylic acid groups (broad SMARTS) is 1. The number of aliphatic carboxylic acids is 1. The van der Waals surface area contributed by atoms with Gasteiger partial charge in [0.05, 0.1) is 0 Å². The molecule has 0 aromatic heterocycles. The molecule has 70 valence electrons. The molecule has 2 atom stereocenters. The summed E-state index contributed by atoms with van der Waals surface area (Å²) in [5, 5.41) is 11.6. The van der Waals surface area contributed by atoms with E-state index in [9.17, 15) is 4.79 Å². The molecule has 0 aromatic rings.